The molecule has 2 heterocycles. The van der Waals surface area contributed by atoms with Crippen LogP contribution in [0.4, 0.5) is 0 Å². The number of benzene rings is 1. The van der Waals surface area contributed by atoms with Crippen LogP contribution in [0, 0.1) is 0 Å². The highest BCUT2D eigenvalue weighted by atomic mass is 16.2. The SMILES string of the molecule is CCN(Cc1ccccc1)C(=O)c1ncn2c1C(=O)NCC2. The number of amides is 2. The van der Waals surface area contributed by atoms with Crippen LogP contribution in [0.3, 0.4) is 0 Å². The van der Waals surface area contributed by atoms with Gasteiger partial charge in [0.1, 0.15) is 5.69 Å². The predicted molar refractivity (Wildman–Crippen MR) is 81.4 cm³/mol. The van der Waals surface area contributed by atoms with Crippen molar-refractivity contribution < 1.29 is 9.59 Å². The third-order valence-corrected chi connectivity index (χ3v) is 3.78. The largest absolute Gasteiger partial charge is 0.349 e. The van der Waals surface area contributed by atoms with Gasteiger partial charge in [0.2, 0.25) is 0 Å². The van der Waals surface area contributed by atoms with Crippen molar-refractivity contribution in [2.45, 2.75) is 20.0 Å². The molecule has 0 bridgehead atoms. The first-order valence-corrected chi connectivity index (χ1v) is 7.37. The number of hydrogen-bond acceptors (Lipinski definition) is 3. The van der Waals surface area contributed by atoms with E-state index in [2.05, 4.69) is 10.3 Å². The van der Waals surface area contributed by atoms with E-state index in [1.54, 1.807) is 15.8 Å². The van der Waals surface area contributed by atoms with Crippen LogP contribution < -0.4 is 5.32 Å². The van der Waals surface area contributed by atoms with Crippen molar-refractivity contribution in [3.05, 3.63) is 53.6 Å². The van der Waals surface area contributed by atoms with Crippen molar-refractivity contribution in [2.75, 3.05) is 13.1 Å². The quantitative estimate of drug-likeness (QED) is 0.925. The lowest BCUT2D eigenvalue weighted by Crippen LogP contribution is -2.38. The monoisotopic (exact) mass is 298 g/mol. The van der Waals surface area contributed by atoms with E-state index in [0.717, 1.165) is 5.56 Å². The van der Waals surface area contributed by atoms with Gasteiger partial charge >= 0.3 is 0 Å². The number of nitrogens with one attached hydrogen (secondary N) is 1. The Kier molecular flexibility index (Phi) is 3.91. The molecule has 1 aromatic carbocycles. The van der Waals surface area contributed by atoms with Gasteiger partial charge in [-0.1, -0.05) is 30.3 Å². The van der Waals surface area contributed by atoms with Crippen LogP contribution in [0.15, 0.2) is 36.7 Å². The van der Waals surface area contributed by atoms with Gasteiger partial charge in [-0.05, 0) is 12.5 Å². The van der Waals surface area contributed by atoms with E-state index in [0.29, 0.717) is 31.9 Å². The highest BCUT2D eigenvalue weighted by Gasteiger charge is 2.28. The van der Waals surface area contributed by atoms with Gasteiger partial charge in [-0.2, -0.15) is 0 Å². The third kappa shape index (κ3) is 2.59. The Morgan fingerprint density at radius 3 is 2.86 bits per heavy atom. The molecule has 3 rings (SSSR count). The lowest BCUT2D eigenvalue weighted by atomic mass is 10.2. The predicted octanol–water partition coefficient (Wildman–Crippen LogP) is 1.29. The number of imidazole rings is 1. The fourth-order valence-corrected chi connectivity index (χ4v) is 2.60. The summed E-state index contributed by atoms with van der Waals surface area (Å²) in [7, 11) is 0. The lowest BCUT2D eigenvalue weighted by molar-refractivity contribution is 0.0738. The van der Waals surface area contributed by atoms with Crippen LogP contribution in [0.1, 0.15) is 33.5 Å². The summed E-state index contributed by atoms with van der Waals surface area (Å²) in [6.07, 6.45) is 1.57. The highest BCUT2D eigenvalue weighted by Crippen LogP contribution is 2.15. The van der Waals surface area contributed by atoms with Crippen LogP contribution >= 0.6 is 0 Å². The summed E-state index contributed by atoms with van der Waals surface area (Å²) < 4.78 is 1.74. The molecule has 6 nitrogen and oxygen atoms in total. The van der Waals surface area contributed by atoms with Crippen LogP contribution in [0.25, 0.3) is 0 Å². The number of aromatic nitrogens is 2. The van der Waals surface area contributed by atoms with E-state index < -0.39 is 0 Å². The van der Waals surface area contributed by atoms with Crippen LogP contribution in [-0.4, -0.2) is 39.4 Å². The Morgan fingerprint density at radius 1 is 1.36 bits per heavy atom. The van der Waals surface area contributed by atoms with E-state index in [4.69, 9.17) is 0 Å². The Hall–Kier alpha value is -2.63. The fraction of sp³-hybridized carbons (Fsp3) is 0.312. The number of carbonyl (C=O) groups is 2. The van der Waals surface area contributed by atoms with Crippen molar-refractivity contribution in [3.8, 4) is 0 Å². The summed E-state index contributed by atoms with van der Waals surface area (Å²) in [5, 5.41) is 2.76. The maximum Gasteiger partial charge on any atom is 0.275 e. The number of fused-ring (bicyclic) bond motifs is 1. The van der Waals surface area contributed by atoms with Crippen molar-refractivity contribution in [1.29, 1.82) is 0 Å². The zero-order valence-electron chi connectivity index (χ0n) is 12.5. The first kappa shape index (κ1) is 14.3. The topological polar surface area (TPSA) is 67.2 Å². The summed E-state index contributed by atoms with van der Waals surface area (Å²) in [5.41, 5.74) is 1.65. The molecule has 0 saturated carbocycles. The fourth-order valence-electron chi connectivity index (χ4n) is 2.60. The highest BCUT2D eigenvalue weighted by molar-refractivity contribution is 6.05. The number of carbonyl (C=O) groups excluding carboxylic acids is 2. The van der Waals surface area contributed by atoms with E-state index in [1.807, 2.05) is 37.3 Å². The van der Waals surface area contributed by atoms with E-state index in [1.165, 1.54) is 0 Å². The molecule has 114 valence electrons. The van der Waals surface area contributed by atoms with Gasteiger partial charge in [0.25, 0.3) is 11.8 Å². The number of hydrogen-bond donors (Lipinski definition) is 1. The molecule has 6 heteroatoms. The summed E-state index contributed by atoms with van der Waals surface area (Å²) >= 11 is 0. The summed E-state index contributed by atoms with van der Waals surface area (Å²) in [6.45, 7) is 4.19. The summed E-state index contributed by atoms with van der Waals surface area (Å²) in [4.78, 5) is 30.6. The standard InChI is InChI=1S/C16H18N4O2/c1-2-19(10-12-6-4-3-5-7-12)16(22)13-14-15(21)17-8-9-20(14)11-18-13/h3-7,11H,2,8-10H2,1H3,(H,17,21). The molecule has 0 radical (unpaired) electrons. The second kappa shape index (κ2) is 6.01. The number of nitrogens with zero attached hydrogens (tertiary/aromatic N) is 3. The minimum absolute atomic E-state index is 0.211. The molecular formula is C16H18N4O2. The zero-order valence-corrected chi connectivity index (χ0v) is 12.5. The Morgan fingerprint density at radius 2 is 2.14 bits per heavy atom. The molecule has 2 aromatic rings. The van der Waals surface area contributed by atoms with Gasteiger partial charge in [-0.15, -0.1) is 0 Å². The van der Waals surface area contributed by atoms with Gasteiger partial charge in [-0.3, -0.25) is 9.59 Å². The average molecular weight is 298 g/mol. The number of rotatable bonds is 4. The molecule has 0 aliphatic carbocycles. The molecule has 1 aliphatic rings. The lowest BCUT2D eigenvalue weighted by Gasteiger charge is -2.21. The van der Waals surface area contributed by atoms with Crippen molar-refractivity contribution in [3.63, 3.8) is 0 Å². The molecule has 0 unspecified atom stereocenters. The van der Waals surface area contributed by atoms with Crippen molar-refractivity contribution >= 4 is 11.8 Å². The molecule has 0 spiro atoms. The summed E-state index contributed by atoms with van der Waals surface area (Å²) in [6, 6.07) is 9.79. The second-order valence-electron chi connectivity index (χ2n) is 5.20. The van der Waals surface area contributed by atoms with Crippen molar-refractivity contribution in [1.82, 2.24) is 19.8 Å². The first-order valence-electron chi connectivity index (χ1n) is 7.37. The third-order valence-electron chi connectivity index (χ3n) is 3.78. The molecule has 1 N–H and O–H groups in total. The smallest absolute Gasteiger partial charge is 0.275 e. The molecule has 2 amide bonds. The Bertz CT molecular complexity index is 693. The van der Waals surface area contributed by atoms with E-state index in [9.17, 15) is 9.59 Å². The van der Waals surface area contributed by atoms with Gasteiger partial charge in [0.15, 0.2) is 5.69 Å². The summed E-state index contributed by atoms with van der Waals surface area (Å²) in [5.74, 6) is -0.444. The Balaban J connectivity index is 1.86. The molecule has 0 saturated heterocycles. The average Bonchev–Trinajstić information content (AvgIpc) is 2.98. The van der Waals surface area contributed by atoms with E-state index in [-0.39, 0.29) is 17.5 Å². The maximum absolute atomic E-state index is 12.7. The van der Waals surface area contributed by atoms with Crippen molar-refractivity contribution in [2.24, 2.45) is 0 Å². The Labute approximate surface area is 128 Å². The van der Waals surface area contributed by atoms with E-state index >= 15 is 0 Å². The minimum atomic E-state index is -0.233. The van der Waals surface area contributed by atoms with Gasteiger partial charge in [0.05, 0.1) is 6.33 Å². The molecule has 1 aromatic heterocycles. The molecular weight excluding hydrogens is 280 g/mol. The minimum Gasteiger partial charge on any atom is -0.349 e. The first-order chi connectivity index (χ1) is 10.7. The molecule has 1 aliphatic heterocycles. The zero-order chi connectivity index (χ0) is 15.5. The van der Waals surface area contributed by atoms with Crippen LogP contribution in [-0.2, 0) is 13.1 Å². The van der Waals surface area contributed by atoms with Crippen LogP contribution in [0.5, 0.6) is 0 Å². The molecule has 22 heavy (non-hydrogen) atoms. The van der Waals surface area contributed by atoms with Gasteiger partial charge < -0.3 is 14.8 Å². The molecule has 0 fully saturated rings. The normalized spacial score (nSPS) is 13.4. The maximum atomic E-state index is 12.7. The van der Waals surface area contributed by atoms with Gasteiger partial charge in [-0.25, -0.2) is 4.98 Å². The van der Waals surface area contributed by atoms with Gasteiger partial charge in [0, 0.05) is 26.2 Å². The molecule has 0 atom stereocenters. The van der Waals surface area contributed by atoms with Crippen LogP contribution in [0.2, 0.25) is 0 Å². The second-order valence-corrected chi connectivity index (χ2v) is 5.20.